The second-order valence-corrected chi connectivity index (χ2v) is 7.24. The number of carboxylic acid groups (broad SMARTS) is 1. The van der Waals surface area contributed by atoms with E-state index < -0.39 is 24.1 Å². The van der Waals surface area contributed by atoms with Crippen molar-refractivity contribution in [2.24, 2.45) is 11.8 Å². The molecule has 0 unspecified atom stereocenters. The van der Waals surface area contributed by atoms with Crippen LogP contribution >= 0.6 is 11.6 Å². The van der Waals surface area contributed by atoms with Crippen molar-refractivity contribution in [2.45, 2.75) is 44.3 Å². The summed E-state index contributed by atoms with van der Waals surface area (Å²) in [7, 11) is 0. The van der Waals surface area contributed by atoms with Gasteiger partial charge in [0.15, 0.2) is 0 Å². The summed E-state index contributed by atoms with van der Waals surface area (Å²) in [5.74, 6) is -1.52. The summed E-state index contributed by atoms with van der Waals surface area (Å²) in [5, 5.41) is 29.6. The highest BCUT2D eigenvalue weighted by Crippen LogP contribution is 2.34. The number of benzene rings is 1. The molecule has 1 aliphatic carbocycles. The molecule has 1 aromatic carbocycles. The highest BCUT2D eigenvalue weighted by atomic mass is 35.5. The smallest absolute Gasteiger partial charge is 0.303 e. The third-order valence-electron chi connectivity index (χ3n) is 4.79. The van der Waals surface area contributed by atoms with Crippen molar-refractivity contribution in [3.8, 4) is 0 Å². The molecule has 0 saturated heterocycles. The van der Waals surface area contributed by atoms with E-state index in [-0.39, 0.29) is 24.5 Å². The number of aliphatic hydroxyl groups excluding tert-OH is 2. The number of aliphatic carboxylic acids is 1. The number of carbonyl (C=O) groups excluding carboxylic acids is 1. The van der Waals surface area contributed by atoms with Gasteiger partial charge in [0.2, 0.25) is 0 Å². The first kappa shape index (κ1) is 21.4. The minimum Gasteiger partial charge on any atom is -0.481 e. The highest BCUT2D eigenvalue weighted by molar-refractivity contribution is 6.30. The standard InChI is InChI=1S/C21H25ClO5/c22-15-9-7-14(8-10-15)18(23)12-11-17-16(19(24)13-20(17)25)5-3-1-2-4-6-21(26)27/h1,3,7-12,16-19,23-24H,2,4-6,13H2,(H,26,27)/t16-,17-,18+,19+/m1/s1. The zero-order chi connectivity index (χ0) is 19.8. The van der Waals surface area contributed by atoms with E-state index in [2.05, 4.69) is 0 Å². The van der Waals surface area contributed by atoms with Crippen LogP contribution in [0.1, 0.15) is 43.8 Å². The predicted molar refractivity (Wildman–Crippen MR) is 103 cm³/mol. The Bertz CT molecular complexity index is 695. The maximum atomic E-state index is 12.2. The fourth-order valence-corrected chi connectivity index (χ4v) is 3.39. The summed E-state index contributed by atoms with van der Waals surface area (Å²) in [6, 6.07) is 6.83. The third kappa shape index (κ3) is 6.61. The Kier molecular flexibility index (Phi) is 8.23. The second-order valence-electron chi connectivity index (χ2n) is 6.80. The number of rotatable bonds is 9. The maximum absolute atomic E-state index is 12.2. The molecule has 27 heavy (non-hydrogen) atoms. The molecule has 3 N–H and O–H groups in total. The van der Waals surface area contributed by atoms with Crippen LogP contribution in [-0.2, 0) is 9.59 Å². The first-order valence-electron chi connectivity index (χ1n) is 9.08. The van der Waals surface area contributed by atoms with Crippen LogP contribution in [-0.4, -0.2) is 33.2 Å². The van der Waals surface area contributed by atoms with E-state index >= 15 is 0 Å². The van der Waals surface area contributed by atoms with Crippen LogP contribution in [0.25, 0.3) is 0 Å². The quantitative estimate of drug-likeness (QED) is 0.440. The Balaban J connectivity index is 1.94. The number of Topliss-reactive ketones (excluding diaryl/α,β-unsaturated/α-hetero) is 1. The molecule has 1 aromatic rings. The van der Waals surface area contributed by atoms with Crippen molar-refractivity contribution < 1.29 is 24.9 Å². The molecule has 1 aliphatic rings. The topological polar surface area (TPSA) is 94.8 Å². The van der Waals surface area contributed by atoms with Crippen molar-refractivity contribution in [2.75, 3.05) is 0 Å². The molecule has 0 heterocycles. The van der Waals surface area contributed by atoms with E-state index in [0.29, 0.717) is 29.8 Å². The summed E-state index contributed by atoms with van der Waals surface area (Å²) >= 11 is 5.84. The fourth-order valence-electron chi connectivity index (χ4n) is 3.26. The zero-order valence-corrected chi connectivity index (χ0v) is 15.8. The molecule has 0 bridgehead atoms. The number of aliphatic hydroxyl groups is 2. The molecule has 5 nitrogen and oxygen atoms in total. The number of hydrogen-bond donors (Lipinski definition) is 3. The normalized spacial score (nSPS) is 24.1. The van der Waals surface area contributed by atoms with E-state index in [4.69, 9.17) is 16.7 Å². The van der Waals surface area contributed by atoms with Gasteiger partial charge in [-0.3, -0.25) is 9.59 Å². The van der Waals surface area contributed by atoms with Gasteiger partial charge in [-0.15, -0.1) is 0 Å². The molecule has 4 atom stereocenters. The van der Waals surface area contributed by atoms with Gasteiger partial charge in [-0.1, -0.05) is 48.0 Å². The summed E-state index contributed by atoms with van der Waals surface area (Å²) < 4.78 is 0. The van der Waals surface area contributed by atoms with Crippen LogP contribution in [0.15, 0.2) is 48.6 Å². The van der Waals surface area contributed by atoms with Crippen LogP contribution in [0.4, 0.5) is 0 Å². The summed E-state index contributed by atoms with van der Waals surface area (Å²) in [6.07, 6.45) is 7.48. The average molecular weight is 393 g/mol. The maximum Gasteiger partial charge on any atom is 0.303 e. The van der Waals surface area contributed by atoms with Crippen LogP contribution in [0.3, 0.4) is 0 Å². The summed E-state index contributed by atoms with van der Waals surface area (Å²) in [6.45, 7) is 0. The Morgan fingerprint density at radius 3 is 2.63 bits per heavy atom. The fraction of sp³-hybridized carbons (Fsp3) is 0.429. The second kappa shape index (κ2) is 10.4. The SMILES string of the molecule is O=C(O)CCCC=CC[C@H]1[C@@H](O)CC(=O)[C@@H]1C=C[C@H](O)c1ccc(Cl)cc1. The lowest BCUT2D eigenvalue weighted by molar-refractivity contribution is -0.137. The Labute approximate surface area is 164 Å². The number of carbonyl (C=O) groups is 2. The molecule has 6 heteroatoms. The summed E-state index contributed by atoms with van der Waals surface area (Å²) in [5.41, 5.74) is 0.677. The number of unbranched alkanes of at least 4 members (excludes halogenated alkanes) is 1. The van der Waals surface area contributed by atoms with Crippen molar-refractivity contribution in [1.82, 2.24) is 0 Å². The average Bonchev–Trinajstić information content (AvgIpc) is 2.89. The van der Waals surface area contributed by atoms with Crippen LogP contribution in [0, 0.1) is 11.8 Å². The van der Waals surface area contributed by atoms with Gasteiger partial charge in [0.25, 0.3) is 0 Å². The van der Waals surface area contributed by atoms with E-state index in [9.17, 15) is 19.8 Å². The van der Waals surface area contributed by atoms with Crippen LogP contribution in [0.2, 0.25) is 5.02 Å². The summed E-state index contributed by atoms with van der Waals surface area (Å²) in [4.78, 5) is 22.7. The molecule has 0 aromatic heterocycles. The number of hydrogen-bond acceptors (Lipinski definition) is 4. The van der Waals surface area contributed by atoms with Gasteiger partial charge in [-0.05, 0) is 37.0 Å². The molecule has 1 saturated carbocycles. The van der Waals surface area contributed by atoms with Gasteiger partial charge in [0.05, 0.1) is 12.2 Å². The zero-order valence-electron chi connectivity index (χ0n) is 15.0. The number of ketones is 1. The van der Waals surface area contributed by atoms with Crippen molar-refractivity contribution >= 4 is 23.4 Å². The highest BCUT2D eigenvalue weighted by Gasteiger charge is 2.39. The molecule has 0 spiro atoms. The van der Waals surface area contributed by atoms with Crippen molar-refractivity contribution in [3.05, 3.63) is 59.2 Å². The first-order chi connectivity index (χ1) is 12.9. The molecule has 1 fully saturated rings. The van der Waals surface area contributed by atoms with Gasteiger partial charge in [0.1, 0.15) is 5.78 Å². The molecule has 0 aliphatic heterocycles. The van der Waals surface area contributed by atoms with Crippen LogP contribution in [0.5, 0.6) is 0 Å². The number of allylic oxidation sites excluding steroid dienone is 3. The monoisotopic (exact) mass is 392 g/mol. The van der Waals surface area contributed by atoms with Gasteiger partial charge < -0.3 is 15.3 Å². The lowest BCUT2D eigenvalue weighted by atomic mass is 9.90. The largest absolute Gasteiger partial charge is 0.481 e. The first-order valence-corrected chi connectivity index (χ1v) is 9.45. The lowest BCUT2D eigenvalue weighted by Crippen LogP contribution is -2.18. The Morgan fingerprint density at radius 1 is 1.26 bits per heavy atom. The van der Waals surface area contributed by atoms with Crippen molar-refractivity contribution in [1.29, 1.82) is 0 Å². The number of halogens is 1. The van der Waals surface area contributed by atoms with E-state index in [1.54, 1.807) is 36.4 Å². The minimum absolute atomic E-state index is 0.0358. The molecular weight excluding hydrogens is 368 g/mol. The number of carboxylic acids is 1. The van der Waals surface area contributed by atoms with Gasteiger partial charge in [-0.2, -0.15) is 0 Å². The lowest BCUT2D eigenvalue weighted by Gasteiger charge is -2.17. The van der Waals surface area contributed by atoms with E-state index in [1.807, 2.05) is 12.2 Å². The van der Waals surface area contributed by atoms with Crippen LogP contribution < -0.4 is 0 Å². The minimum atomic E-state index is -0.847. The van der Waals surface area contributed by atoms with Gasteiger partial charge in [0, 0.05) is 29.7 Å². The van der Waals surface area contributed by atoms with Gasteiger partial charge >= 0.3 is 5.97 Å². The predicted octanol–water partition coefficient (Wildman–Crippen LogP) is 3.70. The van der Waals surface area contributed by atoms with E-state index in [1.165, 1.54) is 0 Å². The van der Waals surface area contributed by atoms with E-state index in [0.717, 1.165) is 0 Å². The Morgan fingerprint density at radius 2 is 1.96 bits per heavy atom. The third-order valence-corrected chi connectivity index (χ3v) is 5.04. The molecular formula is C21H25ClO5. The molecule has 2 rings (SSSR count). The molecule has 0 radical (unpaired) electrons. The Hall–Kier alpha value is -1.95. The van der Waals surface area contributed by atoms with Gasteiger partial charge in [-0.25, -0.2) is 0 Å². The molecule has 146 valence electrons. The molecule has 0 amide bonds. The van der Waals surface area contributed by atoms with Crippen molar-refractivity contribution in [3.63, 3.8) is 0 Å².